The molecule has 4 rings (SSSR count). The fraction of sp³-hybridized carbons (Fsp3) is 0.0435. The number of nitrogen functional groups attached to an aromatic ring is 2. The number of rotatable bonds is 5. The molecule has 6 N–H and O–H groups in total. The van der Waals surface area contributed by atoms with Gasteiger partial charge in [-0.05, 0) is 31.2 Å². The van der Waals surface area contributed by atoms with Crippen LogP contribution in [0.5, 0.6) is 0 Å². The van der Waals surface area contributed by atoms with E-state index in [-0.39, 0.29) is 17.4 Å². The third-order valence-corrected chi connectivity index (χ3v) is 5.70. The molecule has 8 heteroatoms. The van der Waals surface area contributed by atoms with Crippen LogP contribution in [0.1, 0.15) is 26.5 Å². The number of hydrogen-bond donors (Lipinski definition) is 4. The number of para-hydroxylation sites is 1. The molecule has 0 aliphatic rings. The van der Waals surface area contributed by atoms with Crippen LogP contribution < -0.4 is 16.8 Å². The minimum Gasteiger partial charge on any atom is -0.397 e. The summed E-state index contributed by atoms with van der Waals surface area (Å²) in [6, 6.07) is 15.9. The number of nitrogens with two attached hydrogens (primary N) is 2. The van der Waals surface area contributed by atoms with Gasteiger partial charge in [-0.15, -0.1) is 11.3 Å². The molecule has 0 aliphatic heterocycles. The van der Waals surface area contributed by atoms with Crippen molar-refractivity contribution in [2.75, 3.05) is 16.8 Å². The molecule has 2 aromatic carbocycles. The molecule has 31 heavy (non-hydrogen) atoms. The number of hydrogen-bond acceptors (Lipinski definition) is 7. The van der Waals surface area contributed by atoms with E-state index >= 15 is 0 Å². The Morgan fingerprint density at radius 3 is 2.29 bits per heavy atom. The van der Waals surface area contributed by atoms with Crippen LogP contribution in [0.3, 0.4) is 0 Å². The van der Waals surface area contributed by atoms with Crippen LogP contribution >= 0.6 is 11.3 Å². The van der Waals surface area contributed by atoms with Crippen LogP contribution in [0.4, 0.5) is 17.2 Å². The van der Waals surface area contributed by atoms with Crippen LogP contribution in [0.2, 0.25) is 0 Å². The number of benzene rings is 2. The van der Waals surface area contributed by atoms with Crippen molar-refractivity contribution in [3.05, 3.63) is 88.7 Å². The fourth-order valence-corrected chi connectivity index (χ4v) is 3.94. The number of amides is 1. The highest BCUT2D eigenvalue weighted by Gasteiger charge is 2.19. The monoisotopic (exact) mass is 428 g/mol. The molecule has 0 aliphatic carbocycles. The summed E-state index contributed by atoms with van der Waals surface area (Å²) in [7, 11) is 0. The second kappa shape index (κ2) is 8.37. The number of nitrogens with zero attached hydrogens (tertiary/aromatic N) is 2. The highest BCUT2D eigenvalue weighted by atomic mass is 32.1. The molecule has 0 spiro atoms. The van der Waals surface area contributed by atoms with Crippen molar-refractivity contribution in [2.24, 2.45) is 0 Å². The van der Waals surface area contributed by atoms with Crippen LogP contribution in [-0.4, -0.2) is 21.6 Å². The summed E-state index contributed by atoms with van der Waals surface area (Å²) in [6.45, 7) is 1.91. The van der Waals surface area contributed by atoms with Gasteiger partial charge in [0.15, 0.2) is 0 Å². The van der Waals surface area contributed by atoms with E-state index in [1.165, 1.54) is 11.3 Å². The van der Waals surface area contributed by atoms with Gasteiger partial charge in [-0.1, -0.05) is 30.3 Å². The quantitative estimate of drug-likeness (QED) is 0.351. The van der Waals surface area contributed by atoms with Crippen molar-refractivity contribution in [3.8, 4) is 10.4 Å². The van der Waals surface area contributed by atoms with Gasteiger partial charge in [-0.2, -0.15) is 0 Å². The highest BCUT2D eigenvalue weighted by molar-refractivity contribution is 7.15. The summed E-state index contributed by atoms with van der Waals surface area (Å²) in [4.78, 5) is 21.8. The van der Waals surface area contributed by atoms with E-state index in [0.29, 0.717) is 33.6 Å². The number of anilines is 3. The largest absolute Gasteiger partial charge is 0.397 e. The second-order valence-electron chi connectivity index (χ2n) is 6.86. The summed E-state index contributed by atoms with van der Waals surface area (Å²) in [6.07, 6.45) is 3.34. The molecule has 0 bridgehead atoms. The third-order valence-electron chi connectivity index (χ3n) is 4.75. The molecular weight excluding hydrogens is 408 g/mol. The molecule has 0 saturated heterocycles. The maximum atomic E-state index is 12.5. The Bertz CT molecular complexity index is 1270. The first-order chi connectivity index (χ1) is 14.9. The lowest BCUT2D eigenvalue weighted by molar-refractivity contribution is 0.102. The topological polar surface area (TPSA) is 131 Å². The normalized spacial score (nSPS) is 10.6. The van der Waals surface area contributed by atoms with E-state index in [0.717, 1.165) is 9.88 Å². The van der Waals surface area contributed by atoms with E-state index in [2.05, 4.69) is 15.3 Å². The molecule has 2 heterocycles. The lowest BCUT2D eigenvalue weighted by Gasteiger charge is -2.13. The first-order valence-electron chi connectivity index (χ1n) is 9.46. The Morgan fingerprint density at radius 1 is 0.968 bits per heavy atom. The Hall–Kier alpha value is -4.04. The number of pyridine rings is 1. The molecule has 154 valence electrons. The van der Waals surface area contributed by atoms with E-state index in [4.69, 9.17) is 16.9 Å². The number of carbonyl (C=O) groups excluding carboxylic acids is 1. The molecule has 0 radical (unpaired) electrons. The smallest absolute Gasteiger partial charge is 0.255 e. The molecule has 0 saturated carbocycles. The fourth-order valence-electron chi connectivity index (χ4n) is 3.14. The average molecular weight is 429 g/mol. The number of carbonyl (C=O) groups is 1. The van der Waals surface area contributed by atoms with E-state index in [9.17, 15) is 4.79 Å². The molecule has 4 aromatic rings. The molecule has 0 atom stereocenters. The van der Waals surface area contributed by atoms with Crippen LogP contribution in [0.25, 0.3) is 10.4 Å². The third kappa shape index (κ3) is 4.15. The van der Waals surface area contributed by atoms with Crippen LogP contribution in [0, 0.1) is 12.3 Å². The number of thiazole rings is 1. The first-order valence-corrected chi connectivity index (χ1v) is 10.3. The number of aromatic nitrogens is 2. The Kier molecular flexibility index (Phi) is 5.46. The predicted octanol–water partition coefficient (Wildman–Crippen LogP) is 4.35. The van der Waals surface area contributed by atoms with Crippen molar-refractivity contribution in [3.63, 3.8) is 0 Å². The Labute approximate surface area is 183 Å². The van der Waals surface area contributed by atoms with Gasteiger partial charge in [0.05, 0.1) is 26.8 Å². The van der Waals surface area contributed by atoms with Crippen molar-refractivity contribution >= 4 is 40.1 Å². The van der Waals surface area contributed by atoms with Crippen molar-refractivity contribution < 1.29 is 4.79 Å². The number of nitrogens with one attached hydrogen (secondary N) is 2. The van der Waals surface area contributed by atoms with Gasteiger partial charge in [0.25, 0.3) is 5.91 Å². The summed E-state index contributed by atoms with van der Waals surface area (Å²) in [5, 5.41) is 12.4. The minimum absolute atomic E-state index is 0.139. The first kappa shape index (κ1) is 20.2. The van der Waals surface area contributed by atoms with E-state index in [1.807, 2.05) is 37.3 Å². The zero-order valence-electron chi connectivity index (χ0n) is 16.7. The van der Waals surface area contributed by atoms with Gasteiger partial charge >= 0.3 is 0 Å². The molecular formula is C23H20N6OS. The Balaban J connectivity index is 1.61. The predicted molar refractivity (Wildman–Crippen MR) is 126 cm³/mol. The number of aryl methyl sites for hydroxylation is 1. The lowest BCUT2D eigenvalue weighted by atomic mass is 9.98. The SMILES string of the molecule is Cc1ncc(-c2cnc(N)c(C(=N)c3ccc(C(=O)Nc4ccccc4)cc3)c2N)s1. The summed E-state index contributed by atoms with van der Waals surface area (Å²) >= 11 is 1.50. The summed E-state index contributed by atoms with van der Waals surface area (Å²) in [5.41, 5.74) is 15.8. The Morgan fingerprint density at radius 2 is 1.65 bits per heavy atom. The van der Waals surface area contributed by atoms with Crippen molar-refractivity contribution in [1.82, 2.24) is 9.97 Å². The molecule has 1 amide bonds. The van der Waals surface area contributed by atoms with Gasteiger partial charge in [0.2, 0.25) is 0 Å². The van der Waals surface area contributed by atoms with Crippen LogP contribution in [-0.2, 0) is 0 Å². The molecule has 0 unspecified atom stereocenters. The van der Waals surface area contributed by atoms with Crippen molar-refractivity contribution in [2.45, 2.75) is 6.92 Å². The van der Waals surface area contributed by atoms with E-state index in [1.54, 1.807) is 36.7 Å². The zero-order valence-corrected chi connectivity index (χ0v) is 17.5. The standard InChI is InChI=1S/C23H20N6OS/c1-13-27-12-18(31-13)17-11-28-22(26)19(21(17)25)20(24)14-7-9-15(10-8-14)23(30)29-16-5-3-2-4-6-16/h2-12,24H,1H3,(H,29,30)(H4,25,26,28). The van der Waals surface area contributed by atoms with Crippen LogP contribution in [0.15, 0.2) is 67.0 Å². The van der Waals surface area contributed by atoms with Gasteiger partial charge in [-0.25, -0.2) is 9.97 Å². The summed E-state index contributed by atoms with van der Waals surface area (Å²) in [5.74, 6) is -0.0501. The maximum absolute atomic E-state index is 12.5. The highest BCUT2D eigenvalue weighted by Crippen LogP contribution is 2.34. The molecule has 7 nitrogen and oxygen atoms in total. The second-order valence-corrected chi connectivity index (χ2v) is 8.10. The average Bonchev–Trinajstić information content (AvgIpc) is 3.20. The molecule has 0 fully saturated rings. The van der Waals surface area contributed by atoms with E-state index < -0.39 is 0 Å². The lowest BCUT2D eigenvalue weighted by Crippen LogP contribution is -2.13. The summed E-state index contributed by atoms with van der Waals surface area (Å²) < 4.78 is 0. The van der Waals surface area contributed by atoms with Gasteiger partial charge in [-0.3, -0.25) is 10.2 Å². The minimum atomic E-state index is -0.229. The van der Waals surface area contributed by atoms with Gasteiger partial charge in [0, 0.05) is 34.8 Å². The van der Waals surface area contributed by atoms with Crippen molar-refractivity contribution in [1.29, 1.82) is 5.41 Å². The van der Waals surface area contributed by atoms with Gasteiger partial charge in [0.1, 0.15) is 5.82 Å². The zero-order chi connectivity index (χ0) is 22.0. The molecule has 2 aromatic heterocycles. The van der Waals surface area contributed by atoms with Gasteiger partial charge < -0.3 is 16.8 Å². The maximum Gasteiger partial charge on any atom is 0.255 e.